The minimum absolute atomic E-state index is 0.0379. The molecule has 1 saturated heterocycles. The van der Waals surface area contributed by atoms with E-state index in [1.165, 1.54) is 25.2 Å². The van der Waals surface area contributed by atoms with Crippen molar-refractivity contribution < 1.29 is 34.0 Å². The number of aromatic hydroxyl groups is 1. The molecule has 0 saturated carbocycles. The molecule has 0 spiro atoms. The van der Waals surface area contributed by atoms with E-state index in [0.29, 0.717) is 29.4 Å². The summed E-state index contributed by atoms with van der Waals surface area (Å²) in [6.07, 6.45) is 0. The Hall–Kier alpha value is -3.52. The van der Waals surface area contributed by atoms with Crippen LogP contribution >= 0.6 is 0 Å². The van der Waals surface area contributed by atoms with E-state index in [2.05, 4.69) is 13.8 Å². The number of amides is 1. The molecule has 3 rings (SSSR count). The summed E-state index contributed by atoms with van der Waals surface area (Å²) in [6.45, 7) is 6.87. The molecule has 0 radical (unpaired) electrons. The SMILES string of the molecule is COCCN1C(=O)C(=O)C(=C(O)c2ccc(OCC(C)C)c(C)c2)[C@@H]1c1ccc(O)c(OC)c1. The third kappa shape index (κ3) is 5.02. The average Bonchev–Trinajstić information content (AvgIpc) is 3.06. The minimum Gasteiger partial charge on any atom is -0.507 e. The second-order valence-electron chi connectivity index (χ2n) is 8.60. The standard InChI is InChI=1S/C26H31NO7/c1-15(2)14-34-20-9-7-18(12-16(20)3)24(29)22-23(17-6-8-19(28)21(13-17)33-5)27(10-11-32-4)26(31)25(22)30/h6-9,12-13,15,23,28-29H,10-11,14H2,1-5H3/t23-/m0/s1. The monoisotopic (exact) mass is 469 g/mol. The van der Waals surface area contributed by atoms with E-state index in [1.54, 1.807) is 30.3 Å². The molecule has 34 heavy (non-hydrogen) atoms. The van der Waals surface area contributed by atoms with E-state index in [1.807, 2.05) is 6.92 Å². The highest BCUT2D eigenvalue weighted by Crippen LogP contribution is 2.42. The number of nitrogens with zero attached hydrogens (tertiary/aromatic N) is 1. The number of ether oxygens (including phenoxy) is 3. The van der Waals surface area contributed by atoms with Gasteiger partial charge < -0.3 is 29.3 Å². The fourth-order valence-electron chi connectivity index (χ4n) is 3.88. The lowest BCUT2D eigenvalue weighted by molar-refractivity contribution is -0.140. The van der Waals surface area contributed by atoms with Gasteiger partial charge >= 0.3 is 0 Å². The van der Waals surface area contributed by atoms with Crippen molar-refractivity contribution in [2.24, 2.45) is 5.92 Å². The van der Waals surface area contributed by atoms with Crippen molar-refractivity contribution in [1.29, 1.82) is 0 Å². The van der Waals surface area contributed by atoms with Gasteiger partial charge in [0.25, 0.3) is 11.7 Å². The lowest BCUT2D eigenvalue weighted by atomic mass is 9.94. The smallest absolute Gasteiger partial charge is 0.295 e. The van der Waals surface area contributed by atoms with Gasteiger partial charge in [-0.05, 0) is 54.3 Å². The number of phenols is 1. The molecule has 1 amide bonds. The number of benzene rings is 2. The zero-order valence-corrected chi connectivity index (χ0v) is 20.1. The number of likely N-dealkylation sites (tertiary alicyclic amines) is 1. The Balaban J connectivity index is 2.11. The predicted octanol–water partition coefficient (Wildman–Crippen LogP) is 3.81. The van der Waals surface area contributed by atoms with Crippen LogP contribution in [0.1, 0.15) is 36.6 Å². The number of ketones is 1. The molecule has 8 heteroatoms. The highest BCUT2D eigenvalue weighted by Gasteiger charge is 2.46. The third-order valence-corrected chi connectivity index (χ3v) is 5.62. The predicted molar refractivity (Wildman–Crippen MR) is 127 cm³/mol. The molecular weight excluding hydrogens is 438 g/mol. The summed E-state index contributed by atoms with van der Waals surface area (Å²) < 4.78 is 16.1. The summed E-state index contributed by atoms with van der Waals surface area (Å²) in [5.74, 6) is -0.644. The molecule has 0 bridgehead atoms. The molecule has 182 valence electrons. The fraction of sp³-hybridized carbons (Fsp3) is 0.385. The van der Waals surface area contributed by atoms with Crippen LogP contribution in [0.4, 0.5) is 0 Å². The summed E-state index contributed by atoms with van der Waals surface area (Å²) in [4.78, 5) is 27.3. The largest absolute Gasteiger partial charge is 0.507 e. The Labute approximate surface area is 199 Å². The molecule has 1 aliphatic rings. The molecule has 1 aliphatic heterocycles. The van der Waals surface area contributed by atoms with E-state index in [0.717, 1.165) is 5.56 Å². The van der Waals surface area contributed by atoms with Crippen LogP contribution in [0.25, 0.3) is 5.76 Å². The molecule has 1 atom stereocenters. The molecule has 0 aliphatic carbocycles. The number of aliphatic hydroxyl groups is 1. The van der Waals surface area contributed by atoms with Gasteiger partial charge in [0, 0.05) is 19.2 Å². The maximum atomic E-state index is 13.1. The van der Waals surface area contributed by atoms with Crippen molar-refractivity contribution in [2.45, 2.75) is 26.8 Å². The summed E-state index contributed by atoms with van der Waals surface area (Å²) in [6, 6.07) is 8.82. The first kappa shape index (κ1) is 25.1. The van der Waals surface area contributed by atoms with Crippen molar-refractivity contribution in [2.75, 3.05) is 34.0 Å². The van der Waals surface area contributed by atoms with Crippen LogP contribution in [0.3, 0.4) is 0 Å². The minimum atomic E-state index is -0.873. The number of Topliss-reactive ketones (excluding diaryl/α,β-unsaturated/α-hetero) is 1. The van der Waals surface area contributed by atoms with Crippen LogP contribution in [-0.4, -0.2) is 60.8 Å². The molecule has 2 aromatic rings. The van der Waals surface area contributed by atoms with Crippen molar-refractivity contribution in [3.8, 4) is 17.2 Å². The maximum Gasteiger partial charge on any atom is 0.295 e. The van der Waals surface area contributed by atoms with E-state index in [9.17, 15) is 19.8 Å². The highest BCUT2D eigenvalue weighted by atomic mass is 16.5. The van der Waals surface area contributed by atoms with Gasteiger partial charge in [-0.1, -0.05) is 19.9 Å². The molecule has 1 fully saturated rings. The quantitative estimate of drug-likeness (QED) is 0.327. The molecule has 0 unspecified atom stereocenters. The van der Waals surface area contributed by atoms with Gasteiger partial charge in [0.1, 0.15) is 11.5 Å². The van der Waals surface area contributed by atoms with E-state index in [4.69, 9.17) is 14.2 Å². The van der Waals surface area contributed by atoms with Crippen molar-refractivity contribution in [3.05, 3.63) is 58.7 Å². The van der Waals surface area contributed by atoms with Crippen LogP contribution < -0.4 is 9.47 Å². The number of carbonyl (C=O) groups excluding carboxylic acids is 2. The van der Waals surface area contributed by atoms with Gasteiger partial charge in [0.15, 0.2) is 11.5 Å². The van der Waals surface area contributed by atoms with Crippen LogP contribution in [0.2, 0.25) is 0 Å². The van der Waals surface area contributed by atoms with Gasteiger partial charge in [-0.25, -0.2) is 0 Å². The first-order valence-corrected chi connectivity index (χ1v) is 11.1. The number of carbonyl (C=O) groups is 2. The summed E-state index contributed by atoms with van der Waals surface area (Å²) >= 11 is 0. The highest BCUT2D eigenvalue weighted by molar-refractivity contribution is 6.46. The van der Waals surface area contributed by atoms with Crippen LogP contribution in [0.5, 0.6) is 17.2 Å². The molecule has 8 nitrogen and oxygen atoms in total. The third-order valence-electron chi connectivity index (χ3n) is 5.62. The Morgan fingerprint density at radius 1 is 1.09 bits per heavy atom. The van der Waals surface area contributed by atoms with Crippen molar-refractivity contribution >= 4 is 17.4 Å². The number of aliphatic hydroxyl groups excluding tert-OH is 1. The first-order chi connectivity index (χ1) is 16.2. The van der Waals surface area contributed by atoms with Gasteiger partial charge in [0.05, 0.1) is 31.9 Å². The molecular formula is C26H31NO7. The molecule has 1 heterocycles. The Kier molecular flexibility index (Phi) is 7.83. The Morgan fingerprint density at radius 3 is 2.44 bits per heavy atom. The molecule has 2 aromatic carbocycles. The number of methoxy groups -OCH3 is 2. The molecule has 0 aromatic heterocycles. The first-order valence-electron chi connectivity index (χ1n) is 11.1. The summed E-state index contributed by atoms with van der Waals surface area (Å²) in [5, 5.41) is 21.2. The number of phenolic OH excluding ortho intramolecular Hbond substituents is 1. The second-order valence-corrected chi connectivity index (χ2v) is 8.60. The van der Waals surface area contributed by atoms with Gasteiger partial charge in [-0.2, -0.15) is 0 Å². The fourth-order valence-corrected chi connectivity index (χ4v) is 3.88. The van der Waals surface area contributed by atoms with E-state index in [-0.39, 0.29) is 36.0 Å². The number of hydrogen-bond donors (Lipinski definition) is 2. The normalized spacial score (nSPS) is 17.5. The van der Waals surface area contributed by atoms with Gasteiger partial charge in [0.2, 0.25) is 0 Å². The lowest BCUT2D eigenvalue weighted by Crippen LogP contribution is -2.32. The van der Waals surface area contributed by atoms with Crippen molar-refractivity contribution in [3.63, 3.8) is 0 Å². The number of hydrogen-bond acceptors (Lipinski definition) is 7. The second kappa shape index (κ2) is 10.6. The van der Waals surface area contributed by atoms with Crippen LogP contribution in [0.15, 0.2) is 42.0 Å². The molecule has 2 N–H and O–H groups in total. The van der Waals surface area contributed by atoms with Crippen LogP contribution in [0, 0.1) is 12.8 Å². The zero-order chi connectivity index (χ0) is 25.0. The van der Waals surface area contributed by atoms with Crippen molar-refractivity contribution in [1.82, 2.24) is 4.90 Å². The Morgan fingerprint density at radius 2 is 1.82 bits per heavy atom. The summed E-state index contributed by atoms with van der Waals surface area (Å²) in [7, 11) is 2.91. The number of aryl methyl sites for hydroxylation is 1. The van der Waals surface area contributed by atoms with E-state index < -0.39 is 17.7 Å². The average molecular weight is 470 g/mol. The van der Waals surface area contributed by atoms with E-state index >= 15 is 0 Å². The maximum absolute atomic E-state index is 13.1. The topological polar surface area (TPSA) is 106 Å². The van der Waals surface area contributed by atoms with Gasteiger partial charge in [-0.3, -0.25) is 9.59 Å². The Bertz CT molecular complexity index is 1110. The zero-order valence-electron chi connectivity index (χ0n) is 20.1. The lowest BCUT2D eigenvalue weighted by Gasteiger charge is -2.25. The van der Waals surface area contributed by atoms with Gasteiger partial charge in [-0.15, -0.1) is 0 Å². The van der Waals surface area contributed by atoms with Crippen LogP contribution in [-0.2, 0) is 14.3 Å². The summed E-state index contributed by atoms with van der Waals surface area (Å²) in [5.41, 5.74) is 1.67. The number of rotatable bonds is 9.